The first-order valence-electron chi connectivity index (χ1n) is 6.09. The van der Waals surface area contributed by atoms with Gasteiger partial charge in [-0.1, -0.05) is 0 Å². The van der Waals surface area contributed by atoms with Gasteiger partial charge < -0.3 is 10.6 Å². The minimum atomic E-state index is -3.33. The van der Waals surface area contributed by atoms with Crippen LogP contribution in [0.4, 0.5) is 25.0 Å². The van der Waals surface area contributed by atoms with E-state index in [1.165, 1.54) is 24.3 Å². The van der Waals surface area contributed by atoms with Crippen LogP contribution in [0.15, 0.2) is 47.4 Å². The number of rotatable bonds is 3. The molecule has 0 aromatic heterocycles. The van der Waals surface area contributed by atoms with Gasteiger partial charge in [0.05, 0.1) is 10.6 Å². The normalized spacial score (nSPS) is 11.0. The summed E-state index contributed by atoms with van der Waals surface area (Å²) in [7, 11) is -3.33. The van der Waals surface area contributed by atoms with E-state index in [0.29, 0.717) is 5.69 Å². The van der Waals surface area contributed by atoms with Crippen LogP contribution in [0.3, 0.4) is 0 Å². The van der Waals surface area contributed by atoms with Gasteiger partial charge in [-0.2, -0.15) is 0 Å². The lowest BCUT2D eigenvalue weighted by Crippen LogP contribution is -2.20. The van der Waals surface area contributed by atoms with Crippen LogP contribution in [0.5, 0.6) is 0 Å². The van der Waals surface area contributed by atoms with E-state index in [-0.39, 0.29) is 10.6 Å². The van der Waals surface area contributed by atoms with E-state index in [1.807, 2.05) is 0 Å². The molecule has 0 heterocycles. The van der Waals surface area contributed by atoms with Crippen molar-refractivity contribution in [2.75, 3.05) is 16.9 Å². The molecule has 2 rings (SSSR count). The minimum Gasteiger partial charge on any atom is -0.308 e. The Hall–Kier alpha value is -2.48. The van der Waals surface area contributed by atoms with Gasteiger partial charge in [-0.3, -0.25) is 0 Å². The number of sulfone groups is 1. The van der Waals surface area contributed by atoms with Crippen molar-refractivity contribution in [2.24, 2.45) is 0 Å². The molecule has 0 saturated heterocycles. The average Bonchev–Trinajstić information content (AvgIpc) is 2.42. The van der Waals surface area contributed by atoms with Crippen LogP contribution in [0.2, 0.25) is 0 Å². The minimum absolute atomic E-state index is 0.106. The summed E-state index contributed by atoms with van der Waals surface area (Å²) in [6.45, 7) is 0. The zero-order valence-electron chi connectivity index (χ0n) is 11.4. The molecule has 0 aliphatic carbocycles. The summed E-state index contributed by atoms with van der Waals surface area (Å²) in [5.41, 5.74) is 0.00645. The lowest BCUT2D eigenvalue weighted by Gasteiger charge is -2.09. The van der Waals surface area contributed by atoms with Gasteiger partial charge in [-0.15, -0.1) is 0 Å². The summed E-state index contributed by atoms with van der Waals surface area (Å²) in [6.07, 6.45) is 1.06. The highest BCUT2D eigenvalue weighted by atomic mass is 32.2. The van der Waals surface area contributed by atoms with E-state index >= 15 is 0 Å². The molecule has 2 N–H and O–H groups in total. The van der Waals surface area contributed by atoms with E-state index in [2.05, 4.69) is 10.6 Å². The molecule has 0 aliphatic heterocycles. The monoisotopic (exact) mass is 326 g/mol. The van der Waals surface area contributed by atoms with Crippen molar-refractivity contribution in [1.82, 2.24) is 0 Å². The molecule has 0 fully saturated rings. The third kappa shape index (κ3) is 4.01. The van der Waals surface area contributed by atoms with Gasteiger partial charge in [-0.25, -0.2) is 22.0 Å². The molecular weight excluding hydrogens is 314 g/mol. The first-order valence-corrected chi connectivity index (χ1v) is 7.98. The lowest BCUT2D eigenvalue weighted by atomic mass is 10.3. The number of benzene rings is 2. The van der Waals surface area contributed by atoms with Crippen LogP contribution in [-0.2, 0) is 9.84 Å². The Morgan fingerprint density at radius 3 is 2.23 bits per heavy atom. The Morgan fingerprint density at radius 2 is 1.64 bits per heavy atom. The van der Waals surface area contributed by atoms with E-state index in [4.69, 9.17) is 0 Å². The number of amides is 2. The van der Waals surface area contributed by atoms with Crippen molar-refractivity contribution in [3.63, 3.8) is 0 Å². The highest BCUT2D eigenvalue weighted by Crippen LogP contribution is 2.17. The zero-order valence-corrected chi connectivity index (χ0v) is 12.2. The topological polar surface area (TPSA) is 75.3 Å². The summed E-state index contributed by atoms with van der Waals surface area (Å²) in [4.78, 5) is 11.8. The van der Waals surface area contributed by atoms with Crippen molar-refractivity contribution >= 4 is 27.2 Å². The largest absolute Gasteiger partial charge is 0.323 e. The van der Waals surface area contributed by atoms with Gasteiger partial charge in [0.25, 0.3) is 0 Å². The maximum atomic E-state index is 13.4. The quantitative estimate of drug-likeness (QED) is 0.910. The van der Waals surface area contributed by atoms with Crippen molar-refractivity contribution in [3.05, 3.63) is 54.1 Å². The fourth-order valence-corrected chi connectivity index (χ4v) is 2.29. The number of carbonyl (C=O) groups is 1. The second kappa shape index (κ2) is 6.10. The van der Waals surface area contributed by atoms with Gasteiger partial charge in [0.1, 0.15) is 11.6 Å². The molecule has 22 heavy (non-hydrogen) atoms. The molecule has 2 amide bonds. The van der Waals surface area contributed by atoms with Crippen LogP contribution in [0.25, 0.3) is 0 Å². The number of urea groups is 1. The van der Waals surface area contributed by atoms with Crippen molar-refractivity contribution in [2.45, 2.75) is 4.90 Å². The zero-order chi connectivity index (χ0) is 16.3. The van der Waals surface area contributed by atoms with E-state index < -0.39 is 27.5 Å². The van der Waals surface area contributed by atoms with Gasteiger partial charge >= 0.3 is 6.03 Å². The van der Waals surface area contributed by atoms with Gasteiger partial charge in [0.15, 0.2) is 9.84 Å². The number of carbonyl (C=O) groups excluding carboxylic acids is 1. The molecule has 5 nitrogen and oxygen atoms in total. The second-order valence-electron chi connectivity index (χ2n) is 4.50. The Bertz CT molecular complexity index is 805. The molecule has 116 valence electrons. The fourth-order valence-electron chi connectivity index (χ4n) is 1.66. The average molecular weight is 326 g/mol. The number of hydrogen-bond donors (Lipinski definition) is 2. The van der Waals surface area contributed by atoms with Crippen LogP contribution < -0.4 is 10.6 Å². The van der Waals surface area contributed by atoms with Crippen LogP contribution in [0.1, 0.15) is 0 Å². The molecule has 0 saturated carbocycles. The molecule has 0 radical (unpaired) electrons. The molecule has 0 bridgehead atoms. The SMILES string of the molecule is CS(=O)(=O)c1ccc(NC(=O)Nc2cc(F)ccc2F)cc1. The Labute approximate surface area is 125 Å². The van der Waals surface area contributed by atoms with Crippen LogP contribution in [0, 0.1) is 11.6 Å². The maximum absolute atomic E-state index is 13.4. The number of hydrogen-bond acceptors (Lipinski definition) is 3. The van der Waals surface area contributed by atoms with Crippen LogP contribution in [-0.4, -0.2) is 20.7 Å². The van der Waals surface area contributed by atoms with Gasteiger partial charge in [0, 0.05) is 18.0 Å². The Kier molecular flexibility index (Phi) is 4.41. The lowest BCUT2D eigenvalue weighted by molar-refractivity contribution is 0.262. The smallest absolute Gasteiger partial charge is 0.308 e. The molecule has 8 heteroatoms. The summed E-state index contributed by atoms with van der Waals surface area (Å²) < 4.78 is 49.0. The first kappa shape index (κ1) is 15.9. The summed E-state index contributed by atoms with van der Waals surface area (Å²) in [5.74, 6) is -1.46. The summed E-state index contributed by atoms with van der Waals surface area (Å²) in [5, 5.41) is 4.54. The maximum Gasteiger partial charge on any atom is 0.323 e. The Morgan fingerprint density at radius 1 is 1.00 bits per heavy atom. The molecule has 0 spiro atoms. The number of halogens is 2. The van der Waals surface area contributed by atoms with Crippen molar-refractivity contribution in [1.29, 1.82) is 0 Å². The molecule has 2 aromatic carbocycles. The highest BCUT2D eigenvalue weighted by molar-refractivity contribution is 7.90. The highest BCUT2D eigenvalue weighted by Gasteiger charge is 2.10. The summed E-state index contributed by atoms with van der Waals surface area (Å²) >= 11 is 0. The third-order valence-electron chi connectivity index (χ3n) is 2.72. The number of anilines is 2. The molecular formula is C14H12F2N2O3S. The number of nitrogens with one attached hydrogen (secondary N) is 2. The third-order valence-corrected chi connectivity index (χ3v) is 3.85. The van der Waals surface area contributed by atoms with E-state index in [1.54, 1.807) is 0 Å². The molecule has 0 aliphatic rings. The Balaban J connectivity index is 2.07. The van der Waals surface area contributed by atoms with Crippen molar-refractivity contribution in [3.8, 4) is 0 Å². The molecule has 2 aromatic rings. The summed E-state index contributed by atoms with van der Waals surface area (Å²) in [6, 6.07) is 7.32. The standard InChI is InChI=1S/C14H12F2N2O3S/c1-22(20,21)11-5-3-10(4-6-11)17-14(19)18-13-8-9(15)2-7-12(13)16/h2-8H,1H3,(H2,17,18,19). The molecule has 0 unspecified atom stereocenters. The predicted molar refractivity (Wildman–Crippen MR) is 78.6 cm³/mol. The molecule has 0 atom stereocenters. The van der Waals surface area contributed by atoms with Crippen molar-refractivity contribution < 1.29 is 22.0 Å². The van der Waals surface area contributed by atoms with Gasteiger partial charge in [-0.05, 0) is 36.4 Å². The first-order chi connectivity index (χ1) is 10.3. The predicted octanol–water partition coefficient (Wildman–Crippen LogP) is 3.01. The van der Waals surface area contributed by atoms with E-state index in [9.17, 15) is 22.0 Å². The second-order valence-corrected chi connectivity index (χ2v) is 6.52. The fraction of sp³-hybridized carbons (Fsp3) is 0.0714. The van der Waals surface area contributed by atoms with E-state index in [0.717, 1.165) is 24.5 Å². The van der Waals surface area contributed by atoms with Crippen LogP contribution >= 0.6 is 0 Å². The van der Waals surface area contributed by atoms with Gasteiger partial charge in [0.2, 0.25) is 0 Å².